The van der Waals surface area contributed by atoms with Gasteiger partial charge in [-0.05, 0) is 52.9 Å². The molecule has 3 heterocycles. The first-order valence-corrected chi connectivity index (χ1v) is 9.53. The van der Waals surface area contributed by atoms with Gasteiger partial charge >= 0.3 is 6.18 Å². The van der Waals surface area contributed by atoms with Crippen molar-refractivity contribution in [1.82, 2.24) is 14.9 Å². The van der Waals surface area contributed by atoms with Gasteiger partial charge in [0, 0.05) is 25.5 Å². The fourth-order valence-electron chi connectivity index (χ4n) is 3.94. The lowest BCUT2D eigenvalue weighted by Gasteiger charge is -2.36. The van der Waals surface area contributed by atoms with E-state index < -0.39 is 23.9 Å². The molecule has 1 aliphatic rings. The third-order valence-corrected chi connectivity index (χ3v) is 5.29. The summed E-state index contributed by atoms with van der Waals surface area (Å²) >= 11 is 0. The summed E-state index contributed by atoms with van der Waals surface area (Å²) in [6, 6.07) is 8.16. The molecule has 0 unspecified atom stereocenters. The summed E-state index contributed by atoms with van der Waals surface area (Å²) in [6.07, 6.45) is -1.63. The van der Waals surface area contributed by atoms with E-state index >= 15 is 0 Å². The van der Waals surface area contributed by atoms with Crippen molar-refractivity contribution in [2.45, 2.75) is 25.2 Å². The van der Waals surface area contributed by atoms with E-state index in [1.165, 1.54) is 47.6 Å². The Bertz CT molecular complexity index is 1100. The zero-order chi connectivity index (χ0) is 22.2. The van der Waals surface area contributed by atoms with Gasteiger partial charge in [0.15, 0.2) is 0 Å². The van der Waals surface area contributed by atoms with Gasteiger partial charge in [0.25, 0.3) is 5.91 Å². The molecule has 0 saturated heterocycles. The molecular weight excluding hydrogens is 412 g/mol. The van der Waals surface area contributed by atoms with Crippen LogP contribution in [0, 0.1) is 5.82 Å². The Kier molecular flexibility index (Phi) is 5.45. The number of hydrogen-bond donors (Lipinski definition) is 1. The highest BCUT2D eigenvalue weighted by Crippen LogP contribution is 2.40. The lowest BCUT2D eigenvalue weighted by atomic mass is 9.92. The molecule has 31 heavy (non-hydrogen) atoms. The first-order chi connectivity index (χ1) is 14.7. The molecule has 0 spiro atoms. The molecule has 1 amide bonds. The summed E-state index contributed by atoms with van der Waals surface area (Å²) in [5.74, 6) is -1.21. The molecular formula is C22H18F4N4O. The normalized spacial score (nSPS) is 15.4. The van der Waals surface area contributed by atoms with Crippen LogP contribution >= 0.6 is 0 Å². The van der Waals surface area contributed by atoms with Crippen LogP contribution in [0.1, 0.15) is 33.4 Å². The second kappa shape index (κ2) is 8.07. The minimum Gasteiger partial charge on any atom is -0.364 e. The number of aromatic nitrogens is 2. The number of rotatable bonds is 4. The summed E-state index contributed by atoms with van der Waals surface area (Å²) in [4.78, 5) is 21.2. The lowest BCUT2D eigenvalue weighted by Crippen LogP contribution is -2.42. The quantitative estimate of drug-likeness (QED) is 0.634. The predicted octanol–water partition coefficient (Wildman–Crippen LogP) is 4.04. The van der Waals surface area contributed by atoms with E-state index in [0.29, 0.717) is 16.8 Å². The fraction of sp³-hybridized carbons (Fsp3) is 0.227. The van der Waals surface area contributed by atoms with E-state index in [0.717, 1.165) is 5.56 Å². The second-order valence-corrected chi connectivity index (χ2v) is 7.30. The van der Waals surface area contributed by atoms with Crippen LogP contribution in [0.2, 0.25) is 0 Å². The van der Waals surface area contributed by atoms with Gasteiger partial charge in [-0.2, -0.15) is 13.2 Å². The number of hydrogen-bond acceptors (Lipinski definition) is 4. The number of nitrogens with zero attached hydrogens (tertiary/aromatic N) is 3. The SMILES string of the molecule is NC(=O)c1cc(-c2ccc(F)cc2)c2c(n1)CN([C@H](c1cccnc1)C(F)(F)F)CC2. The number of pyridine rings is 2. The van der Waals surface area contributed by atoms with E-state index in [4.69, 9.17) is 5.73 Å². The smallest absolute Gasteiger partial charge is 0.364 e. The molecule has 5 nitrogen and oxygen atoms in total. The third-order valence-electron chi connectivity index (χ3n) is 5.29. The second-order valence-electron chi connectivity index (χ2n) is 7.30. The maximum absolute atomic E-state index is 14.0. The average Bonchev–Trinajstić information content (AvgIpc) is 2.73. The monoisotopic (exact) mass is 430 g/mol. The van der Waals surface area contributed by atoms with Gasteiger partial charge in [0.05, 0.1) is 5.69 Å². The summed E-state index contributed by atoms with van der Waals surface area (Å²) in [5.41, 5.74) is 7.71. The molecule has 1 atom stereocenters. The number of primary amides is 1. The Morgan fingerprint density at radius 2 is 1.90 bits per heavy atom. The molecule has 4 rings (SSSR count). The highest BCUT2D eigenvalue weighted by Gasteiger charge is 2.46. The number of fused-ring (bicyclic) bond motifs is 1. The van der Waals surface area contributed by atoms with Gasteiger partial charge in [-0.1, -0.05) is 18.2 Å². The van der Waals surface area contributed by atoms with Crippen LogP contribution in [0.3, 0.4) is 0 Å². The van der Waals surface area contributed by atoms with Gasteiger partial charge in [-0.3, -0.25) is 14.7 Å². The topological polar surface area (TPSA) is 72.1 Å². The van der Waals surface area contributed by atoms with Crippen molar-refractivity contribution in [3.8, 4) is 11.1 Å². The number of alkyl halides is 3. The van der Waals surface area contributed by atoms with Gasteiger partial charge < -0.3 is 5.73 Å². The molecule has 0 aliphatic carbocycles. The minimum atomic E-state index is -4.53. The van der Waals surface area contributed by atoms with E-state index in [1.807, 2.05) is 0 Å². The van der Waals surface area contributed by atoms with Crippen molar-refractivity contribution < 1.29 is 22.4 Å². The zero-order valence-electron chi connectivity index (χ0n) is 16.2. The average molecular weight is 430 g/mol. The predicted molar refractivity (Wildman–Crippen MR) is 105 cm³/mol. The molecule has 1 aliphatic heterocycles. The standard InChI is InChI=1S/C22H18F4N4O/c23-15-5-3-13(4-6-15)17-10-18(21(27)31)29-19-12-30(9-7-16(17)19)20(22(24,25)26)14-2-1-8-28-11-14/h1-6,8,10-11,20H,7,9,12H2,(H2,27,31)/t20-/m1/s1. The molecule has 0 bridgehead atoms. The number of halogens is 4. The van der Waals surface area contributed by atoms with Gasteiger partial charge in [-0.15, -0.1) is 0 Å². The van der Waals surface area contributed by atoms with Crippen molar-refractivity contribution in [3.63, 3.8) is 0 Å². The van der Waals surface area contributed by atoms with E-state index in [-0.39, 0.29) is 30.8 Å². The van der Waals surface area contributed by atoms with E-state index in [2.05, 4.69) is 9.97 Å². The van der Waals surface area contributed by atoms with Crippen LogP contribution in [0.4, 0.5) is 17.6 Å². The molecule has 3 aromatic rings. The third kappa shape index (κ3) is 4.27. The Morgan fingerprint density at radius 1 is 1.16 bits per heavy atom. The number of benzene rings is 1. The fourth-order valence-corrected chi connectivity index (χ4v) is 3.94. The van der Waals surface area contributed by atoms with Crippen LogP contribution in [-0.4, -0.2) is 33.5 Å². The van der Waals surface area contributed by atoms with Crippen LogP contribution in [0.15, 0.2) is 54.9 Å². The van der Waals surface area contributed by atoms with Crippen molar-refractivity contribution in [2.75, 3.05) is 6.54 Å². The van der Waals surface area contributed by atoms with Crippen molar-refractivity contribution in [3.05, 3.63) is 83.2 Å². The molecule has 2 N–H and O–H groups in total. The zero-order valence-corrected chi connectivity index (χ0v) is 16.2. The van der Waals surface area contributed by atoms with E-state index in [9.17, 15) is 22.4 Å². The molecule has 0 radical (unpaired) electrons. The van der Waals surface area contributed by atoms with Crippen LogP contribution in [-0.2, 0) is 13.0 Å². The lowest BCUT2D eigenvalue weighted by molar-refractivity contribution is -0.189. The highest BCUT2D eigenvalue weighted by molar-refractivity contribution is 5.92. The molecule has 0 fully saturated rings. The number of carbonyl (C=O) groups excluding carboxylic acids is 1. The molecule has 160 valence electrons. The van der Waals surface area contributed by atoms with Crippen LogP contribution < -0.4 is 5.73 Å². The van der Waals surface area contributed by atoms with Crippen molar-refractivity contribution in [2.24, 2.45) is 5.73 Å². The Morgan fingerprint density at radius 3 is 2.52 bits per heavy atom. The Labute approximate surface area is 175 Å². The largest absolute Gasteiger partial charge is 0.408 e. The number of amides is 1. The molecule has 9 heteroatoms. The van der Waals surface area contributed by atoms with Crippen LogP contribution in [0.5, 0.6) is 0 Å². The van der Waals surface area contributed by atoms with Gasteiger partial charge in [0.2, 0.25) is 0 Å². The molecule has 1 aromatic carbocycles. The van der Waals surface area contributed by atoms with Crippen LogP contribution in [0.25, 0.3) is 11.1 Å². The summed E-state index contributed by atoms with van der Waals surface area (Å²) < 4.78 is 55.2. The van der Waals surface area contributed by atoms with Gasteiger partial charge in [-0.25, -0.2) is 9.37 Å². The molecule has 0 saturated carbocycles. The van der Waals surface area contributed by atoms with Crippen molar-refractivity contribution >= 4 is 5.91 Å². The Hall–Kier alpha value is -3.33. The highest BCUT2D eigenvalue weighted by atomic mass is 19.4. The Balaban J connectivity index is 1.78. The van der Waals surface area contributed by atoms with E-state index in [1.54, 1.807) is 12.1 Å². The number of nitrogens with two attached hydrogens (primary N) is 1. The summed E-state index contributed by atoms with van der Waals surface area (Å²) in [6.45, 7) is 0.00157. The summed E-state index contributed by atoms with van der Waals surface area (Å²) in [7, 11) is 0. The molecule has 2 aromatic heterocycles. The maximum Gasteiger partial charge on any atom is 0.408 e. The maximum atomic E-state index is 14.0. The van der Waals surface area contributed by atoms with Crippen molar-refractivity contribution in [1.29, 1.82) is 0 Å². The number of carbonyl (C=O) groups is 1. The minimum absolute atomic E-state index is 0.0308. The summed E-state index contributed by atoms with van der Waals surface area (Å²) in [5, 5.41) is 0. The van der Waals surface area contributed by atoms with Gasteiger partial charge in [0.1, 0.15) is 17.6 Å². The first-order valence-electron chi connectivity index (χ1n) is 9.53. The first kappa shape index (κ1) is 20.9.